The third-order valence-corrected chi connectivity index (χ3v) is 2.92. The number of pyridine rings is 1. The summed E-state index contributed by atoms with van der Waals surface area (Å²) in [6.45, 7) is 2.13. The van der Waals surface area contributed by atoms with E-state index in [0.29, 0.717) is 11.6 Å². The van der Waals surface area contributed by atoms with Crippen molar-refractivity contribution in [3.63, 3.8) is 0 Å². The van der Waals surface area contributed by atoms with Crippen LogP contribution >= 0.6 is 11.6 Å². The van der Waals surface area contributed by atoms with Crippen LogP contribution in [0.4, 0.5) is 0 Å². The SMILES string of the molecule is CCCc1cc(CCl)cc(-n2cc(OC)cn2)n1. The minimum atomic E-state index is 0.477. The van der Waals surface area contributed by atoms with Crippen LogP contribution in [0.2, 0.25) is 0 Å². The molecule has 4 nitrogen and oxygen atoms in total. The van der Waals surface area contributed by atoms with Gasteiger partial charge in [-0.05, 0) is 24.1 Å². The summed E-state index contributed by atoms with van der Waals surface area (Å²) in [5, 5.41) is 4.22. The van der Waals surface area contributed by atoms with E-state index in [4.69, 9.17) is 16.3 Å². The fourth-order valence-electron chi connectivity index (χ4n) is 1.75. The number of nitrogens with zero attached hydrogens (tertiary/aromatic N) is 3. The Morgan fingerprint density at radius 2 is 2.22 bits per heavy atom. The van der Waals surface area contributed by atoms with Crippen molar-refractivity contribution in [1.82, 2.24) is 14.8 Å². The lowest BCUT2D eigenvalue weighted by Crippen LogP contribution is -2.02. The number of hydrogen-bond acceptors (Lipinski definition) is 3. The van der Waals surface area contributed by atoms with Crippen LogP contribution in [-0.2, 0) is 12.3 Å². The first-order chi connectivity index (χ1) is 8.76. The molecule has 5 heteroatoms. The number of rotatable bonds is 5. The third kappa shape index (κ3) is 2.82. The normalized spacial score (nSPS) is 10.6. The van der Waals surface area contributed by atoms with Gasteiger partial charge in [-0.1, -0.05) is 13.3 Å². The van der Waals surface area contributed by atoms with Gasteiger partial charge in [-0.25, -0.2) is 9.67 Å². The number of aryl methyl sites for hydroxylation is 1. The van der Waals surface area contributed by atoms with Crippen molar-refractivity contribution >= 4 is 11.6 Å². The molecule has 18 heavy (non-hydrogen) atoms. The average molecular weight is 266 g/mol. The molecule has 0 saturated heterocycles. The van der Waals surface area contributed by atoms with Crippen molar-refractivity contribution in [1.29, 1.82) is 0 Å². The molecule has 0 atom stereocenters. The zero-order valence-electron chi connectivity index (χ0n) is 10.6. The Balaban J connectivity index is 2.39. The molecule has 0 unspecified atom stereocenters. The van der Waals surface area contributed by atoms with Crippen LogP contribution < -0.4 is 4.74 Å². The van der Waals surface area contributed by atoms with Crippen LogP contribution in [-0.4, -0.2) is 21.9 Å². The number of aromatic nitrogens is 3. The van der Waals surface area contributed by atoms with E-state index in [1.165, 1.54) is 0 Å². The summed E-state index contributed by atoms with van der Waals surface area (Å²) >= 11 is 5.91. The summed E-state index contributed by atoms with van der Waals surface area (Å²) < 4.78 is 6.82. The molecule has 0 bridgehead atoms. The van der Waals surface area contributed by atoms with Crippen molar-refractivity contribution in [3.05, 3.63) is 35.8 Å². The minimum Gasteiger partial charge on any atom is -0.493 e. The van der Waals surface area contributed by atoms with Crippen molar-refractivity contribution in [2.24, 2.45) is 0 Å². The first kappa shape index (κ1) is 12.9. The second-order valence-corrected chi connectivity index (χ2v) is 4.30. The predicted molar refractivity (Wildman–Crippen MR) is 71.5 cm³/mol. The number of ether oxygens (including phenoxy) is 1. The highest BCUT2D eigenvalue weighted by Crippen LogP contribution is 2.16. The summed E-state index contributed by atoms with van der Waals surface area (Å²) in [7, 11) is 1.62. The monoisotopic (exact) mass is 265 g/mol. The fourth-order valence-corrected chi connectivity index (χ4v) is 1.90. The highest BCUT2D eigenvalue weighted by atomic mass is 35.5. The largest absolute Gasteiger partial charge is 0.493 e. The second-order valence-electron chi connectivity index (χ2n) is 4.03. The maximum absolute atomic E-state index is 5.91. The fraction of sp³-hybridized carbons (Fsp3) is 0.385. The van der Waals surface area contributed by atoms with Crippen molar-refractivity contribution in [2.45, 2.75) is 25.6 Å². The van der Waals surface area contributed by atoms with Crippen molar-refractivity contribution in [2.75, 3.05) is 7.11 Å². The van der Waals surface area contributed by atoms with Gasteiger partial charge in [0.1, 0.15) is 0 Å². The molecule has 2 heterocycles. The molecule has 0 radical (unpaired) electrons. The van der Waals surface area contributed by atoms with Crippen LogP contribution in [0.25, 0.3) is 5.82 Å². The van der Waals surface area contributed by atoms with E-state index in [-0.39, 0.29) is 0 Å². The molecule has 2 aromatic rings. The molecule has 0 aliphatic carbocycles. The summed E-state index contributed by atoms with van der Waals surface area (Å²) in [6, 6.07) is 3.99. The zero-order valence-corrected chi connectivity index (χ0v) is 11.3. The Morgan fingerprint density at radius 1 is 1.39 bits per heavy atom. The zero-order chi connectivity index (χ0) is 13.0. The number of methoxy groups -OCH3 is 1. The van der Waals surface area contributed by atoms with Gasteiger partial charge in [0, 0.05) is 11.6 Å². The molecule has 0 aliphatic rings. The van der Waals surface area contributed by atoms with E-state index in [1.807, 2.05) is 12.1 Å². The molecule has 0 aliphatic heterocycles. The van der Waals surface area contributed by atoms with E-state index in [1.54, 1.807) is 24.2 Å². The molecule has 0 saturated carbocycles. The molecule has 0 spiro atoms. The van der Waals surface area contributed by atoms with Crippen molar-refractivity contribution in [3.8, 4) is 11.6 Å². The molecule has 0 fully saturated rings. The molecule has 2 aromatic heterocycles. The predicted octanol–water partition coefficient (Wildman–Crippen LogP) is 2.97. The molecule has 2 rings (SSSR count). The summed E-state index contributed by atoms with van der Waals surface area (Å²) in [6.07, 6.45) is 5.46. The van der Waals surface area contributed by atoms with Crippen LogP contribution in [0.15, 0.2) is 24.5 Å². The van der Waals surface area contributed by atoms with Gasteiger partial charge in [-0.3, -0.25) is 0 Å². The Bertz CT molecular complexity index is 525. The number of halogens is 1. The van der Waals surface area contributed by atoms with E-state index in [2.05, 4.69) is 17.0 Å². The van der Waals surface area contributed by atoms with Crippen molar-refractivity contribution < 1.29 is 4.74 Å². The lowest BCUT2D eigenvalue weighted by atomic mass is 10.2. The van der Waals surface area contributed by atoms with Gasteiger partial charge >= 0.3 is 0 Å². The van der Waals surface area contributed by atoms with Crippen LogP contribution in [0.5, 0.6) is 5.75 Å². The summed E-state index contributed by atoms with van der Waals surface area (Å²) in [5.74, 6) is 1.97. The topological polar surface area (TPSA) is 39.9 Å². The maximum Gasteiger partial charge on any atom is 0.157 e. The quantitative estimate of drug-likeness (QED) is 0.781. The molecule has 96 valence electrons. The smallest absolute Gasteiger partial charge is 0.157 e. The van der Waals surface area contributed by atoms with Gasteiger partial charge in [0.25, 0.3) is 0 Å². The molecular formula is C13H16ClN3O. The molecule has 0 aromatic carbocycles. The third-order valence-electron chi connectivity index (χ3n) is 2.61. The molecular weight excluding hydrogens is 250 g/mol. The minimum absolute atomic E-state index is 0.477. The van der Waals surface area contributed by atoms with Gasteiger partial charge in [-0.2, -0.15) is 5.10 Å². The van der Waals surface area contributed by atoms with Gasteiger partial charge in [0.2, 0.25) is 0 Å². The maximum atomic E-state index is 5.91. The first-order valence-electron chi connectivity index (χ1n) is 5.91. The van der Waals surface area contributed by atoms with Gasteiger partial charge in [0.05, 0.1) is 19.5 Å². The van der Waals surface area contributed by atoms with E-state index < -0.39 is 0 Å². The number of alkyl halides is 1. The van der Waals surface area contributed by atoms with E-state index in [9.17, 15) is 0 Å². The highest BCUT2D eigenvalue weighted by Gasteiger charge is 2.06. The Morgan fingerprint density at radius 3 is 2.83 bits per heavy atom. The lowest BCUT2D eigenvalue weighted by Gasteiger charge is -2.06. The van der Waals surface area contributed by atoms with Crippen LogP contribution in [0, 0.1) is 0 Å². The Hall–Kier alpha value is -1.55. The Labute approximate surface area is 112 Å². The Kier molecular flexibility index (Phi) is 4.20. The highest BCUT2D eigenvalue weighted by molar-refractivity contribution is 6.17. The van der Waals surface area contributed by atoms with Gasteiger partial charge < -0.3 is 4.74 Å². The summed E-state index contributed by atoms with van der Waals surface area (Å²) in [4.78, 5) is 4.58. The van der Waals surface area contributed by atoms with Gasteiger partial charge in [-0.15, -0.1) is 11.6 Å². The van der Waals surface area contributed by atoms with E-state index in [0.717, 1.165) is 29.9 Å². The molecule has 0 N–H and O–H groups in total. The van der Waals surface area contributed by atoms with Crippen LogP contribution in [0.1, 0.15) is 24.6 Å². The second kappa shape index (κ2) is 5.87. The summed E-state index contributed by atoms with van der Waals surface area (Å²) in [5.41, 5.74) is 2.10. The molecule has 0 amide bonds. The van der Waals surface area contributed by atoms with Crippen LogP contribution in [0.3, 0.4) is 0 Å². The van der Waals surface area contributed by atoms with E-state index >= 15 is 0 Å². The number of hydrogen-bond donors (Lipinski definition) is 0. The standard InChI is InChI=1S/C13H16ClN3O/c1-3-4-11-5-10(7-14)6-13(16-11)17-9-12(18-2)8-15-17/h5-6,8-9H,3-4,7H2,1-2H3. The average Bonchev–Trinajstić information content (AvgIpc) is 2.87. The lowest BCUT2D eigenvalue weighted by molar-refractivity contribution is 0.414. The van der Waals surface area contributed by atoms with Gasteiger partial charge in [0.15, 0.2) is 11.6 Å². The first-order valence-corrected chi connectivity index (χ1v) is 6.45.